The van der Waals surface area contributed by atoms with Crippen molar-refractivity contribution in [3.63, 3.8) is 0 Å². The topological polar surface area (TPSA) is 12.0 Å². The van der Waals surface area contributed by atoms with Gasteiger partial charge in [0.05, 0.1) is 0 Å². The van der Waals surface area contributed by atoms with Gasteiger partial charge in [-0.2, -0.15) is 0 Å². The van der Waals surface area contributed by atoms with Crippen molar-refractivity contribution >= 4 is 23.4 Å². The number of benzene rings is 1. The van der Waals surface area contributed by atoms with Crippen LogP contribution in [0.25, 0.3) is 0 Å². The average molecular weight is 284 g/mol. The third kappa shape index (κ3) is 4.83. The Morgan fingerprint density at radius 2 is 2.17 bits per heavy atom. The fourth-order valence-electron chi connectivity index (χ4n) is 1.88. The van der Waals surface area contributed by atoms with Crippen LogP contribution in [0.3, 0.4) is 0 Å². The molecule has 18 heavy (non-hydrogen) atoms. The van der Waals surface area contributed by atoms with Crippen LogP contribution < -0.4 is 5.32 Å². The first-order valence-electron chi connectivity index (χ1n) is 6.94. The maximum absolute atomic E-state index is 6.10. The third-order valence-corrected chi connectivity index (χ3v) is 4.61. The summed E-state index contributed by atoms with van der Waals surface area (Å²) in [6, 6.07) is 7.04. The Morgan fingerprint density at radius 1 is 1.33 bits per heavy atom. The van der Waals surface area contributed by atoms with Crippen LogP contribution in [-0.4, -0.2) is 11.8 Å². The number of halogens is 1. The fourth-order valence-corrected chi connectivity index (χ4v) is 3.23. The molecule has 0 aliphatic heterocycles. The van der Waals surface area contributed by atoms with Crippen LogP contribution in [0.1, 0.15) is 44.6 Å². The molecule has 3 heteroatoms. The molecule has 0 radical (unpaired) electrons. The van der Waals surface area contributed by atoms with Crippen LogP contribution >= 0.6 is 23.4 Å². The zero-order valence-electron chi connectivity index (χ0n) is 11.0. The molecule has 1 aliphatic carbocycles. The van der Waals surface area contributed by atoms with E-state index in [9.17, 15) is 0 Å². The third-order valence-electron chi connectivity index (χ3n) is 3.19. The average Bonchev–Trinajstić information content (AvgIpc) is 3.17. The minimum atomic E-state index is 0.763. The lowest BCUT2D eigenvalue weighted by atomic mass is 10.2. The van der Waals surface area contributed by atoms with Gasteiger partial charge in [-0.3, -0.25) is 0 Å². The van der Waals surface area contributed by atoms with E-state index in [4.69, 9.17) is 11.6 Å². The van der Waals surface area contributed by atoms with E-state index < -0.39 is 0 Å². The smallest absolute Gasteiger partial charge is 0.0417 e. The monoisotopic (exact) mass is 283 g/mol. The second kappa shape index (κ2) is 7.42. The summed E-state index contributed by atoms with van der Waals surface area (Å²) in [4.78, 5) is 1.35. The summed E-state index contributed by atoms with van der Waals surface area (Å²) in [6.07, 6.45) is 6.58. The van der Waals surface area contributed by atoms with Crippen LogP contribution in [0, 0.1) is 0 Å². The summed E-state index contributed by atoms with van der Waals surface area (Å²) in [6.45, 7) is 3.23. The van der Waals surface area contributed by atoms with E-state index in [0.29, 0.717) is 0 Å². The molecule has 1 saturated carbocycles. The van der Waals surface area contributed by atoms with Gasteiger partial charge in [-0.1, -0.05) is 37.4 Å². The van der Waals surface area contributed by atoms with Crippen LogP contribution in [0.2, 0.25) is 5.02 Å². The Bertz CT molecular complexity index is 377. The van der Waals surface area contributed by atoms with Crippen LogP contribution in [-0.2, 0) is 6.54 Å². The second-order valence-electron chi connectivity index (χ2n) is 4.96. The molecule has 0 spiro atoms. The highest BCUT2D eigenvalue weighted by molar-refractivity contribution is 7.99. The minimum absolute atomic E-state index is 0.763. The lowest BCUT2D eigenvalue weighted by Gasteiger charge is -2.10. The number of thioether (sulfide) groups is 1. The molecule has 0 atom stereocenters. The lowest BCUT2D eigenvalue weighted by Crippen LogP contribution is -2.15. The van der Waals surface area contributed by atoms with E-state index in [1.807, 2.05) is 17.8 Å². The molecule has 100 valence electrons. The first-order chi connectivity index (χ1) is 8.79. The van der Waals surface area contributed by atoms with Gasteiger partial charge in [0.1, 0.15) is 0 Å². The zero-order valence-corrected chi connectivity index (χ0v) is 12.6. The summed E-state index contributed by atoms with van der Waals surface area (Å²) in [5.74, 6) is 1.20. The van der Waals surface area contributed by atoms with E-state index >= 15 is 0 Å². The molecule has 0 unspecified atom stereocenters. The zero-order chi connectivity index (χ0) is 12.8. The highest BCUT2D eigenvalue weighted by Gasteiger charge is 2.20. The van der Waals surface area contributed by atoms with E-state index in [-0.39, 0.29) is 0 Å². The number of rotatable bonds is 8. The van der Waals surface area contributed by atoms with Gasteiger partial charge in [0.2, 0.25) is 0 Å². The van der Waals surface area contributed by atoms with E-state index in [0.717, 1.165) is 17.6 Å². The normalized spacial score (nSPS) is 15.0. The summed E-state index contributed by atoms with van der Waals surface area (Å²) in [7, 11) is 0. The van der Waals surface area contributed by atoms with Gasteiger partial charge in [0, 0.05) is 22.5 Å². The van der Waals surface area contributed by atoms with E-state index in [1.54, 1.807) is 0 Å². The molecule has 1 nitrogen and oxygen atoms in total. The fraction of sp³-hybridized carbons (Fsp3) is 0.600. The summed E-state index contributed by atoms with van der Waals surface area (Å²) in [5.41, 5.74) is 1.40. The van der Waals surface area contributed by atoms with Gasteiger partial charge in [0.25, 0.3) is 0 Å². The minimum Gasteiger partial charge on any atom is -0.310 e. The maximum Gasteiger partial charge on any atom is 0.0417 e. The second-order valence-corrected chi connectivity index (χ2v) is 6.54. The molecule has 0 aromatic heterocycles. The van der Waals surface area contributed by atoms with Gasteiger partial charge in [0.15, 0.2) is 0 Å². The van der Waals surface area contributed by atoms with Gasteiger partial charge >= 0.3 is 0 Å². The summed E-state index contributed by atoms with van der Waals surface area (Å²) >= 11 is 8.05. The lowest BCUT2D eigenvalue weighted by molar-refractivity contribution is 0.680. The molecule has 0 bridgehead atoms. The molecule has 2 rings (SSSR count). The maximum atomic E-state index is 6.10. The Balaban J connectivity index is 1.89. The van der Waals surface area contributed by atoms with Gasteiger partial charge in [-0.15, -0.1) is 11.8 Å². The van der Waals surface area contributed by atoms with Crippen LogP contribution in [0.5, 0.6) is 0 Å². The predicted molar refractivity (Wildman–Crippen MR) is 81.6 cm³/mol. The van der Waals surface area contributed by atoms with Gasteiger partial charge in [-0.25, -0.2) is 0 Å². The molecule has 0 amide bonds. The molecular weight excluding hydrogens is 262 g/mol. The Kier molecular flexibility index (Phi) is 5.87. The Hall–Kier alpha value is -0.180. The van der Waals surface area contributed by atoms with Crippen molar-refractivity contribution in [1.29, 1.82) is 0 Å². The quantitative estimate of drug-likeness (QED) is 0.539. The van der Waals surface area contributed by atoms with Crippen molar-refractivity contribution in [3.05, 3.63) is 28.8 Å². The van der Waals surface area contributed by atoms with Crippen molar-refractivity contribution in [2.24, 2.45) is 0 Å². The SMILES string of the molecule is CCCCCSc1cc(Cl)ccc1CNC1CC1. The first kappa shape index (κ1) is 14.2. The highest BCUT2D eigenvalue weighted by Crippen LogP contribution is 2.28. The first-order valence-corrected chi connectivity index (χ1v) is 8.30. The number of hydrogen-bond donors (Lipinski definition) is 1. The standard InChI is InChI=1S/C15H22ClNS/c1-2-3-4-9-18-15-10-13(16)6-5-12(15)11-17-14-7-8-14/h5-6,10,14,17H,2-4,7-9,11H2,1H3. The van der Waals surface area contributed by atoms with Crippen molar-refractivity contribution in [2.45, 2.75) is 56.5 Å². The van der Waals surface area contributed by atoms with Gasteiger partial charge in [-0.05, 0) is 42.7 Å². The molecule has 1 N–H and O–H groups in total. The molecule has 1 aromatic rings. The summed E-state index contributed by atoms with van der Waals surface area (Å²) < 4.78 is 0. The number of hydrogen-bond acceptors (Lipinski definition) is 2. The van der Waals surface area contributed by atoms with Crippen molar-refractivity contribution < 1.29 is 0 Å². The molecule has 1 fully saturated rings. The van der Waals surface area contributed by atoms with Gasteiger partial charge < -0.3 is 5.32 Å². The van der Waals surface area contributed by atoms with Crippen molar-refractivity contribution in [2.75, 3.05) is 5.75 Å². The Morgan fingerprint density at radius 3 is 2.89 bits per heavy atom. The molecule has 1 aliphatic rings. The van der Waals surface area contributed by atoms with E-state index in [2.05, 4.69) is 24.4 Å². The molecule has 0 saturated heterocycles. The summed E-state index contributed by atoms with van der Waals surface area (Å²) in [5, 5.41) is 4.43. The van der Waals surface area contributed by atoms with Crippen molar-refractivity contribution in [1.82, 2.24) is 5.32 Å². The van der Waals surface area contributed by atoms with E-state index in [1.165, 1.54) is 48.3 Å². The number of nitrogens with one attached hydrogen (secondary N) is 1. The van der Waals surface area contributed by atoms with Crippen molar-refractivity contribution in [3.8, 4) is 0 Å². The molecule has 1 aromatic carbocycles. The molecule has 0 heterocycles. The number of unbranched alkanes of at least 4 members (excludes halogenated alkanes) is 2. The van der Waals surface area contributed by atoms with Crippen LogP contribution in [0.15, 0.2) is 23.1 Å². The predicted octanol–water partition coefficient (Wildman–Crippen LogP) is 4.87. The molecular formula is C15H22ClNS. The van der Waals surface area contributed by atoms with Crippen LogP contribution in [0.4, 0.5) is 0 Å². The Labute approximate surface area is 120 Å². The largest absolute Gasteiger partial charge is 0.310 e. The highest BCUT2D eigenvalue weighted by atomic mass is 35.5.